The maximum atomic E-state index is 12.2. The van der Waals surface area contributed by atoms with Gasteiger partial charge in [0.15, 0.2) is 5.13 Å². The summed E-state index contributed by atoms with van der Waals surface area (Å²) in [6.45, 7) is 7.94. The Kier molecular flexibility index (Phi) is 3.91. The van der Waals surface area contributed by atoms with Crippen LogP contribution < -0.4 is 11.1 Å². The van der Waals surface area contributed by atoms with Crippen LogP contribution in [0.15, 0.2) is 6.07 Å². The zero-order valence-corrected chi connectivity index (χ0v) is 13.0. The van der Waals surface area contributed by atoms with Crippen molar-refractivity contribution in [3.05, 3.63) is 32.0 Å². The average molecular weight is 295 g/mol. The van der Waals surface area contributed by atoms with Crippen molar-refractivity contribution in [1.82, 2.24) is 10.3 Å². The van der Waals surface area contributed by atoms with E-state index in [2.05, 4.69) is 30.2 Å². The smallest absolute Gasteiger partial charge is 0.263 e. The first-order chi connectivity index (χ1) is 8.88. The fourth-order valence-electron chi connectivity index (χ4n) is 2.05. The third-order valence-corrected chi connectivity index (χ3v) is 4.88. The minimum Gasteiger partial charge on any atom is -0.375 e. The van der Waals surface area contributed by atoms with Crippen molar-refractivity contribution in [3.8, 4) is 0 Å². The van der Waals surface area contributed by atoms with Crippen molar-refractivity contribution >= 4 is 33.7 Å². The lowest BCUT2D eigenvalue weighted by Gasteiger charge is -2.13. The number of nitrogen functional groups attached to an aromatic ring is 1. The molecule has 0 saturated carbocycles. The first kappa shape index (κ1) is 14.0. The largest absolute Gasteiger partial charge is 0.375 e. The van der Waals surface area contributed by atoms with Crippen LogP contribution in [0.3, 0.4) is 0 Å². The van der Waals surface area contributed by atoms with Crippen LogP contribution in [0.4, 0.5) is 5.13 Å². The van der Waals surface area contributed by atoms with E-state index >= 15 is 0 Å². The molecule has 2 heterocycles. The summed E-state index contributed by atoms with van der Waals surface area (Å²) >= 11 is 2.97. The van der Waals surface area contributed by atoms with E-state index in [0.29, 0.717) is 15.7 Å². The first-order valence-corrected chi connectivity index (χ1v) is 7.62. The molecule has 1 amide bonds. The number of anilines is 1. The van der Waals surface area contributed by atoms with Crippen molar-refractivity contribution in [2.45, 2.75) is 33.7 Å². The van der Waals surface area contributed by atoms with E-state index in [4.69, 9.17) is 5.73 Å². The fraction of sp³-hybridized carbons (Fsp3) is 0.385. The maximum Gasteiger partial charge on any atom is 0.263 e. The first-order valence-electron chi connectivity index (χ1n) is 5.99. The molecule has 2 aromatic rings. The highest BCUT2D eigenvalue weighted by molar-refractivity contribution is 7.17. The van der Waals surface area contributed by atoms with E-state index in [1.54, 1.807) is 18.3 Å². The number of carbonyl (C=O) groups excluding carboxylic acids is 1. The average Bonchev–Trinajstić information content (AvgIpc) is 2.81. The van der Waals surface area contributed by atoms with E-state index in [9.17, 15) is 4.79 Å². The Hall–Kier alpha value is -1.40. The Morgan fingerprint density at radius 1 is 1.37 bits per heavy atom. The number of carbonyl (C=O) groups is 1. The number of hydrogen-bond donors (Lipinski definition) is 2. The quantitative estimate of drug-likeness (QED) is 0.913. The second-order valence-corrected chi connectivity index (χ2v) is 7.02. The van der Waals surface area contributed by atoms with Gasteiger partial charge in [-0.3, -0.25) is 4.79 Å². The number of hydrogen-bond acceptors (Lipinski definition) is 5. The minimum atomic E-state index is -0.109. The topological polar surface area (TPSA) is 68.0 Å². The highest BCUT2D eigenvalue weighted by atomic mass is 32.1. The highest BCUT2D eigenvalue weighted by Gasteiger charge is 2.18. The van der Waals surface area contributed by atoms with Crippen molar-refractivity contribution in [3.63, 3.8) is 0 Å². The van der Waals surface area contributed by atoms with Gasteiger partial charge in [-0.1, -0.05) is 11.3 Å². The van der Waals surface area contributed by atoms with Crippen LogP contribution in [0.1, 0.15) is 43.6 Å². The van der Waals surface area contributed by atoms with Crippen molar-refractivity contribution in [2.24, 2.45) is 0 Å². The molecule has 0 radical (unpaired) electrons. The maximum absolute atomic E-state index is 12.2. The molecule has 0 aliphatic rings. The number of nitrogens with two attached hydrogens (primary N) is 1. The van der Waals surface area contributed by atoms with Gasteiger partial charge in [-0.05, 0) is 39.3 Å². The molecule has 3 N–H and O–H groups in total. The van der Waals surface area contributed by atoms with E-state index in [1.165, 1.54) is 26.7 Å². The van der Waals surface area contributed by atoms with Crippen molar-refractivity contribution < 1.29 is 4.79 Å². The lowest BCUT2D eigenvalue weighted by Crippen LogP contribution is -2.26. The molecule has 2 aromatic heterocycles. The molecule has 0 bridgehead atoms. The zero-order valence-electron chi connectivity index (χ0n) is 11.4. The molecular weight excluding hydrogens is 278 g/mol. The van der Waals surface area contributed by atoms with Crippen LogP contribution in [0.5, 0.6) is 0 Å². The Balaban J connectivity index is 2.15. The van der Waals surface area contributed by atoms with Gasteiger partial charge in [0.05, 0.1) is 11.7 Å². The van der Waals surface area contributed by atoms with Crippen LogP contribution in [-0.2, 0) is 0 Å². The summed E-state index contributed by atoms with van der Waals surface area (Å²) in [4.78, 5) is 19.3. The van der Waals surface area contributed by atoms with Crippen LogP contribution in [-0.4, -0.2) is 10.9 Å². The molecule has 0 saturated heterocycles. The predicted molar refractivity (Wildman–Crippen MR) is 80.9 cm³/mol. The van der Waals surface area contributed by atoms with E-state index in [1.807, 2.05) is 6.92 Å². The van der Waals surface area contributed by atoms with Gasteiger partial charge in [0, 0.05) is 9.75 Å². The Morgan fingerprint density at radius 2 is 2.05 bits per heavy atom. The van der Waals surface area contributed by atoms with Crippen LogP contribution in [0.25, 0.3) is 0 Å². The molecule has 6 heteroatoms. The SMILES string of the molecule is Cc1cc(C(C)NC(=O)c2sc(N)nc2C)c(C)s1. The van der Waals surface area contributed by atoms with Gasteiger partial charge in [0.25, 0.3) is 5.91 Å². The summed E-state index contributed by atoms with van der Waals surface area (Å²) < 4.78 is 0. The third kappa shape index (κ3) is 2.96. The van der Waals surface area contributed by atoms with Gasteiger partial charge in [0.2, 0.25) is 0 Å². The number of aromatic nitrogens is 1. The van der Waals surface area contributed by atoms with Gasteiger partial charge >= 0.3 is 0 Å². The van der Waals surface area contributed by atoms with Crippen LogP contribution >= 0.6 is 22.7 Å². The summed E-state index contributed by atoms with van der Waals surface area (Å²) in [6.07, 6.45) is 0. The number of aryl methyl sites for hydroxylation is 3. The second-order valence-electron chi connectivity index (χ2n) is 4.53. The van der Waals surface area contributed by atoms with Crippen molar-refractivity contribution in [2.75, 3.05) is 5.73 Å². The number of thiophene rings is 1. The molecule has 0 aliphatic heterocycles. The Labute approximate surface area is 120 Å². The number of thiazole rings is 1. The van der Waals surface area contributed by atoms with Gasteiger partial charge in [-0.15, -0.1) is 11.3 Å². The Bertz CT molecular complexity index is 615. The Morgan fingerprint density at radius 3 is 2.53 bits per heavy atom. The number of nitrogens with one attached hydrogen (secondary N) is 1. The zero-order chi connectivity index (χ0) is 14.2. The molecule has 19 heavy (non-hydrogen) atoms. The molecule has 102 valence electrons. The van der Waals surface area contributed by atoms with Crippen LogP contribution in [0.2, 0.25) is 0 Å². The summed E-state index contributed by atoms with van der Waals surface area (Å²) in [5.41, 5.74) is 7.47. The fourth-order valence-corrected chi connectivity index (χ4v) is 3.81. The van der Waals surface area contributed by atoms with Gasteiger partial charge in [0.1, 0.15) is 4.88 Å². The second kappa shape index (κ2) is 5.30. The molecule has 0 aliphatic carbocycles. The van der Waals surface area contributed by atoms with Gasteiger partial charge in [-0.2, -0.15) is 0 Å². The van der Waals surface area contributed by atoms with Gasteiger partial charge in [-0.25, -0.2) is 4.98 Å². The molecule has 1 unspecified atom stereocenters. The van der Waals surface area contributed by atoms with E-state index < -0.39 is 0 Å². The number of amides is 1. The molecule has 4 nitrogen and oxygen atoms in total. The van der Waals surface area contributed by atoms with Crippen LogP contribution in [0, 0.1) is 20.8 Å². The third-order valence-electron chi connectivity index (χ3n) is 2.91. The summed E-state index contributed by atoms with van der Waals surface area (Å²) in [5, 5.41) is 3.43. The van der Waals surface area contributed by atoms with E-state index in [0.717, 1.165) is 0 Å². The molecule has 1 atom stereocenters. The number of rotatable bonds is 3. The summed E-state index contributed by atoms with van der Waals surface area (Å²) in [7, 11) is 0. The standard InChI is InChI=1S/C13H17N3OS2/c1-6-5-10(9(4)18-6)7(2)15-12(17)11-8(3)16-13(14)19-11/h5,7H,1-4H3,(H2,14,16)(H,15,17). The lowest BCUT2D eigenvalue weighted by molar-refractivity contribution is 0.0943. The summed E-state index contributed by atoms with van der Waals surface area (Å²) in [6, 6.07) is 2.11. The van der Waals surface area contributed by atoms with E-state index in [-0.39, 0.29) is 11.9 Å². The number of nitrogens with zero attached hydrogens (tertiary/aromatic N) is 1. The molecule has 2 rings (SSSR count). The monoisotopic (exact) mass is 295 g/mol. The molecule has 0 aromatic carbocycles. The minimum absolute atomic E-state index is 0.0137. The van der Waals surface area contributed by atoms with Gasteiger partial charge < -0.3 is 11.1 Å². The molecule has 0 fully saturated rings. The van der Waals surface area contributed by atoms with Crippen molar-refractivity contribution in [1.29, 1.82) is 0 Å². The lowest BCUT2D eigenvalue weighted by atomic mass is 10.1. The molecule has 0 spiro atoms. The highest BCUT2D eigenvalue weighted by Crippen LogP contribution is 2.27. The summed E-state index contributed by atoms with van der Waals surface area (Å²) in [5.74, 6) is -0.109. The predicted octanol–water partition coefficient (Wildman–Crippen LogP) is 3.20. The normalized spacial score (nSPS) is 12.4. The molecular formula is C13H17N3OS2.